The summed E-state index contributed by atoms with van der Waals surface area (Å²) in [5.74, 6) is 0. The van der Waals surface area contributed by atoms with Crippen molar-refractivity contribution in [1.82, 2.24) is 9.78 Å². The third-order valence-electron chi connectivity index (χ3n) is 1.86. The van der Waals surface area contributed by atoms with Gasteiger partial charge in [0.2, 0.25) is 0 Å². The van der Waals surface area contributed by atoms with Gasteiger partial charge in [0, 0.05) is 31.6 Å². The van der Waals surface area contributed by atoms with Crippen molar-refractivity contribution in [2.75, 3.05) is 7.05 Å². The van der Waals surface area contributed by atoms with Gasteiger partial charge in [-0.15, -0.1) is 0 Å². The third-order valence-corrected chi connectivity index (χ3v) is 1.86. The second-order valence-corrected chi connectivity index (χ2v) is 2.60. The lowest BCUT2D eigenvalue weighted by Gasteiger charge is -1.92. The highest BCUT2D eigenvalue weighted by Gasteiger charge is 2.06. The molecule has 12 heavy (non-hydrogen) atoms. The highest BCUT2D eigenvalue weighted by molar-refractivity contribution is 5.83. The average molecular weight is 163 g/mol. The maximum absolute atomic E-state index is 4.27. The number of rotatable bonds is 2. The quantitative estimate of drug-likeness (QED) is 0.606. The van der Waals surface area contributed by atoms with Crippen molar-refractivity contribution >= 4 is 12.3 Å². The van der Waals surface area contributed by atoms with Crippen molar-refractivity contribution in [3.63, 3.8) is 0 Å². The molecule has 1 rings (SSSR count). The minimum absolute atomic E-state index is 0.882. The van der Waals surface area contributed by atoms with Crippen molar-refractivity contribution in [2.24, 2.45) is 12.0 Å². The molecule has 0 aromatic carbocycles. The van der Waals surface area contributed by atoms with E-state index in [2.05, 4.69) is 16.7 Å². The minimum Gasteiger partial charge on any atom is -0.294 e. The van der Waals surface area contributed by atoms with E-state index in [-0.39, 0.29) is 0 Å². The van der Waals surface area contributed by atoms with E-state index in [0.717, 1.165) is 17.0 Å². The molecule has 1 aromatic heterocycles. The molecule has 1 aromatic rings. The van der Waals surface area contributed by atoms with Crippen LogP contribution < -0.4 is 0 Å². The van der Waals surface area contributed by atoms with Crippen LogP contribution in [0.4, 0.5) is 0 Å². The van der Waals surface area contributed by atoms with E-state index in [9.17, 15) is 0 Å². The molecule has 3 nitrogen and oxygen atoms in total. The molecule has 0 N–H and O–H groups in total. The molecule has 0 bridgehead atoms. The third kappa shape index (κ3) is 1.30. The average Bonchev–Trinajstić information content (AvgIpc) is 2.29. The minimum atomic E-state index is 0.882. The molecule has 0 unspecified atom stereocenters. The SMILES string of the molecule is C=Cc1c(/C=N\C)nn(C)c1C. The van der Waals surface area contributed by atoms with Gasteiger partial charge >= 0.3 is 0 Å². The Kier molecular flexibility index (Phi) is 2.43. The largest absolute Gasteiger partial charge is 0.294 e. The Hall–Kier alpha value is -1.38. The van der Waals surface area contributed by atoms with Crippen LogP contribution in [0, 0.1) is 6.92 Å². The Morgan fingerprint density at radius 2 is 2.25 bits per heavy atom. The normalized spacial score (nSPS) is 10.9. The van der Waals surface area contributed by atoms with Crippen molar-refractivity contribution < 1.29 is 0 Å². The summed E-state index contributed by atoms with van der Waals surface area (Å²) in [4.78, 5) is 3.92. The lowest BCUT2D eigenvalue weighted by atomic mass is 10.2. The first-order chi connectivity index (χ1) is 5.70. The van der Waals surface area contributed by atoms with E-state index in [4.69, 9.17) is 0 Å². The van der Waals surface area contributed by atoms with E-state index in [1.807, 2.05) is 18.7 Å². The van der Waals surface area contributed by atoms with Crippen LogP contribution in [0.5, 0.6) is 0 Å². The van der Waals surface area contributed by atoms with Gasteiger partial charge in [0.05, 0.1) is 0 Å². The zero-order valence-corrected chi connectivity index (χ0v) is 7.70. The summed E-state index contributed by atoms with van der Waals surface area (Å²) in [5.41, 5.74) is 3.05. The van der Waals surface area contributed by atoms with Crippen LogP contribution in [0.25, 0.3) is 6.08 Å². The van der Waals surface area contributed by atoms with Crippen molar-refractivity contribution in [2.45, 2.75) is 6.92 Å². The van der Waals surface area contributed by atoms with Gasteiger partial charge in [-0.05, 0) is 6.92 Å². The number of aryl methyl sites for hydroxylation is 1. The summed E-state index contributed by atoms with van der Waals surface area (Å²) in [6.07, 6.45) is 3.54. The molecule has 0 saturated heterocycles. The lowest BCUT2D eigenvalue weighted by molar-refractivity contribution is 0.738. The number of aliphatic imine (C=N–C) groups is 1. The number of nitrogens with zero attached hydrogens (tertiary/aromatic N) is 3. The summed E-state index contributed by atoms with van der Waals surface area (Å²) in [6.45, 7) is 5.74. The monoisotopic (exact) mass is 163 g/mol. The molecule has 0 saturated carbocycles. The lowest BCUT2D eigenvalue weighted by Crippen LogP contribution is -1.93. The highest BCUT2D eigenvalue weighted by Crippen LogP contribution is 2.11. The zero-order valence-electron chi connectivity index (χ0n) is 7.70. The molecule has 0 aliphatic rings. The van der Waals surface area contributed by atoms with Crippen molar-refractivity contribution in [3.8, 4) is 0 Å². The van der Waals surface area contributed by atoms with Gasteiger partial charge in [-0.25, -0.2) is 0 Å². The summed E-state index contributed by atoms with van der Waals surface area (Å²) in [5, 5.41) is 4.27. The molecule has 0 spiro atoms. The van der Waals surface area contributed by atoms with E-state index in [1.54, 1.807) is 19.3 Å². The topological polar surface area (TPSA) is 30.2 Å². The van der Waals surface area contributed by atoms with Crippen LogP contribution in [-0.4, -0.2) is 23.0 Å². The molecular weight excluding hydrogens is 150 g/mol. The first-order valence-electron chi connectivity index (χ1n) is 3.79. The molecule has 0 atom stereocenters. The van der Waals surface area contributed by atoms with E-state index in [1.165, 1.54) is 0 Å². The molecule has 0 amide bonds. The van der Waals surface area contributed by atoms with Crippen molar-refractivity contribution in [1.29, 1.82) is 0 Å². The fourth-order valence-corrected chi connectivity index (χ4v) is 1.12. The second kappa shape index (κ2) is 3.34. The van der Waals surface area contributed by atoms with Gasteiger partial charge in [-0.1, -0.05) is 12.7 Å². The van der Waals surface area contributed by atoms with E-state index >= 15 is 0 Å². The summed E-state index contributed by atoms with van der Waals surface area (Å²) >= 11 is 0. The van der Waals surface area contributed by atoms with Gasteiger partial charge in [0.25, 0.3) is 0 Å². The molecule has 0 fully saturated rings. The summed E-state index contributed by atoms with van der Waals surface area (Å²) in [6, 6.07) is 0. The first kappa shape index (κ1) is 8.71. The molecule has 0 aliphatic carbocycles. The van der Waals surface area contributed by atoms with Gasteiger partial charge < -0.3 is 0 Å². The van der Waals surface area contributed by atoms with Crippen LogP contribution in [0.15, 0.2) is 11.6 Å². The van der Waals surface area contributed by atoms with Gasteiger partial charge in [-0.2, -0.15) is 5.10 Å². The molecule has 1 heterocycles. The highest BCUT2D eigenvalue weighted by atomic mass is 15.3. The van der Waals surface area contributed by atoms with Crippen molar-refractivity contribution in [3.05, 3.63) is 23.5 Å². The van der Waals surface area contributed by atoms with E-state index < -0.39 is 0 Å². The Balaban J connectivity index is 3.28. The number of aromatic nitrogens is 2. The standard InChI is InChI=1S/C9H13N3/c1-5-8-7(2)12(4)11-9(8)6-10-3/h5-6H,1H2,2-4H3/b10-6-. The van der Waals surface area contributed by atoms with E-state index in [0.29, 0.717) is 0 Å². The van der Waals surface area contributed by atoms with Crippen LogP contribution >= 0.6 is 0 Å². The Bertz CT molecular complexity index is 321. The summed E-state index contributed by atoms with van der Waals surface area (Å²) in [7, 11) is 3.65. The van der Waals surface area contributed by atoms with Gasteiger partial charge in [0.1, 0.15) is 5.69 Å². The predicted molar refractivity (Wildman–Crippen MR) is 51.6 cm³/mol. The number of hydrogen-bond acceptors (Lipinski definition) is 2. The maximum atomic E-state index is 4.27. The smallest absolute Gasteiger partial charge is 0.110 e. The molecular formula is C9H13N3. The fourth-order valence-electron chi connectivity index (χ4n) is 1.12. The van der Waals surface area contributed by atoms with Crippen LogP contribution in [0.1, 0.15) is 17.0 Å². The Labute approximate surface area is 72.4 Å². The molecule has 64 valence electrons. The number of hydrogen-bond donors (Lipinski definition) is 0. The molecule has 0 radical (unpaired) electrons. The Morgan fingerprint density at radius 3 is 2.75 bits per heavy atom. The van der Waals surface area contributed by atoms with Crippen LogP contribution in [0.2, 0.25) is 0 Å². The molecule has 3 heteroatoms. The Morgan fingerprint density at radius 1 is 1.58 bits per heavy atom. The first-order valence-corrected chi connectivity index (χ1v) is 3.79. The zero-order chi connectivity index (χ0) is 9.14. The van der Waals surface area contributed by atoms with Crippen LogP contribution in [0.3, 0.4) is 0 Å². The second-order valence-electron chi connectivity index (χ2n) is 2.60. The van der Waals surface area contributed by atoms with Gasteiger partial charge in [-0.3, -0.25) is 9.67 Å². The fraction of sp³-hybridized carbons (Fsp3) is 0.333. The molecule has 0 aliphatic heterocycles. The van der Waals surface area contributed by atoms with Crippen LogP contribution in [-0.2, 0) is 7.05 Å². The summed E-state index contributed by atoms with van der Waals surface area (Å²) < 4.78 is 1.83. The van der Waals surface area contributed by atoms with Gasteiger partial charge in [0.15, 0.2) is 0 Å². The predicted octanol–water partition coefficient (Wildman–Crippen LogP) is 1.42. The maximum Gasteiger partial charge on any atom is 0.110 e.